The minimum absolute atomic E-state index is 0.723. The fraction of sp³-hybridized carbons (Fsp3) is 0.538. The molecule has 0 fully saturated rings. The van der Waals surface area contributed by atoms with Crippen LogP contribution in [0.15, 0.2) is 24.3 Å². The van der Waals surface area contributed by atoms with Crippen molar-refractivity contribution in [1.82, 2.24) is 0 Å². The molecule has 2 N–H and O–H groups in total. The zero-order chi connectivity index (χ0) is 11.6. The Bertz CT molecular complexity index is 289. The third-order valence-electron chi connectivity index (χ3n) is 2.35. The minimum Gasteiger partial charge on any atom is -0.399 e. The van der Waals surface area contributed by atoms with E-state index in [1.807, 2.05) is 31.2 Å². The van der Waals surface area contributed by atoms with Gasteiger partial charge in [-0.15, -0.1) is 0 Å². The molecule has 0 heterocycles. The first-order chi connectivity index (χ1) is 7.84. The van der Waals surface area contributed by atoms with Crippen molar-refractivity contribution in [3.05, 3.63) is 29.8 Å². The maximum atomic E-state index is 5.83. The lowest BCUT2D eigenvalue weighted by Crippen LogP contribution is -2.05. The molecular formula is C13H21NO2. The molecule has 0 radical (unpaired) electrons. The molecule has 3 heteroatoms. The van der Waals surface area contributed by atoms with Crippen LogP contribution >= 0.6 is 0 Å². The molecule has 0 aromatic heterocycles. The Balaban J connectivity index is 2.05. The van der Waals surface area contributed by atoms with Crippen molar-refractivity contribution in [3.8, 4) is 0 Å². The first kappa shape index (κ1) is 13.0. The highest BCUT2D eigenvalue weighted by molar-refractivity contribution is 5.46. The second-order valence-corrected chi connectivity index (χ2v) is 3.61. The Kier molecular flexibility index (Phi) is 6.61. The zero-order valence-corrected chi connectivity index (χ0v) is 9.95. The lowest BCUT2D eigenvalue weighted by Gasteiger charge is -2.06. The van der Waals surface area contributed by atoms with Crippen LogP contribution in [0.25, 0.3) is 0 Å². The fourth-order valence-electron chi connectivity index (χ4n) is 1.45. The van der Waals surface area contributed by atoms with Crippen molar-refractivity contribution in [3.63, 3.8) is 0 Å². The van der Waals surface area contributed by atoms with E-state index < -0.39 is 0 Å². The van der Waals surface area contributed by atoms with E-state index >= 15 is 0 Å². The summed E-state index contributed by atoms with van der Waals surface area (Å²) in [4.78, 5) is 0. The Hall–Kier alpha value is -1.06. The molecule has 0 atom stereocenters. The summed E-state index contributed by atoms with van der Waals surface area (Å²) in [5.74, 6) is 0. The maximum absolute atomic E-state index is 5.83. The van der Waals surface area contributed by atoms with Gasteiger partial charge in [0.2, 0.25) is 0 Å². The number of hydrogen-bond acceptors (Lipinski definition) is 3. The Labute approximate surface area is 97.6 Å². The Morgan fingerprint density at radius 3 is 2.56 bits per heavy atom. The molecule has 0 unspecified atom stereocenters. The molecule has 90 valence electrons. The second-order valence-electron chi connectivity index (χ2n) is 3.61. The zero-order valence-electron chi connectivity index (χ0n) is 9.95. The van der Waals surface area contributed by atoms with Gasteiger partial charge in [-0.05, 0) is 31.4 Å². The highest BCUT2D eigenvalue weighted by Crippen LogP contribution is 2.10. The van der Waals surface area contributed by atoms with Gasteiger partial charge in [-0.2, -0.15) is 0 Å². The van der Waals surface area contributed by atoms with E-state index in [-0.39, 0.29) is 0 Å². The van der Waals surface area contributed by atoms with Crippen LogP contribution < -0.4 is 5.73 Å². The quantitative estimate of drug-likeness (QED) is 0.543. The van der Waals surface area contributed by atoms with E-state index in [2.05, 4.69) is 0 Å². The molecule has 0 saturated heterocycles. The van der Waals surface area contributed by atoms with Crippen LogP contribution in [0.2, 0.25) is 0 Å². The molecule has 1 aromatic carbocycles. The van der Waals surface area contributed by atoms with Crippen LogP contribution in [0.4, 0.5) is 5.69 Å². The predicted octanol–water partition coefficient (Wildman–Crippen LogP) is 2.25. The van der Waals surface area contributed by atoms with Gasteiger partial charge in [0.25, 0.3) is 0 Å². The number of benzene rings is 1. The molecule has 16 heavy (non-hydrogen) atoms. The van der Waals surface area contributed by atoms with Crippen LogP contribution in [0.1, 0.15) is 18.9 Å². The van der Waals surface area contributed by atoms with E-state index in [4.69, 9.17) is 15.2 Å². The van der Waals surface area contributed by atoms with Crippen molar-refractivity contribution in [2.45, 2.75) is 19.8 Å². The Morgan fingerprint density at radius 2 is 1.81 bits per heavy atom. The van der Waals surface area contributed by atoms with Gasteiger partial charge in [0.1, 0.15) is 0 Å². The second kappa shape index (κ2) is 8.13. The van der Waals surface area contributed by atoms with Gasteiger partial charge in [-0.1, -0.05) is 18.2 Å². The minimum atomic E-state index is 0.723. The molecule has 1 rings (SSSR count). The van der Waals surface area contributed by atoms with E-state index in [9.17, 15) is 0 Å². The van der Waals surface area contributed by atoms with Crippen molar-refractivity contribution >= 4 is 5.69 Å². The third kappa shape index (κ3) is 5.14. The lowest BCUT2D eigenvalue weighted by atomic mass is 10.1. The predicted molar refractivity (Wildman–Crippen MR) is 66.5 cm³/mol. The molecule has 0 saturated carbocycles. The van der Waals surface area contributed by atoms with E-state index in [1.165, 1.54) is 0 Å². The summed E-state index contributed by atoms with van der Waals surface area (Å²) in [6.45, 7) is 5.04. The highest BCUT2D eigenvalue weighted by atomic mass is 16.5. The largest absolute Gasteiger partial charge is 0.399 e. The summed E-state index contributed by atoms with van der Waals surface area (Å²) in [5, 5.41) is 0. The molecule has 0 aliphatic rings. The molecular weight excluding hydrogens is 202 g/mol. The van der Waals surface area contributed by atoms with Crippen LogP contribution in [0.5, 0.6) is 0 Å². The number of rotatable bonds is 8. The summed E-state index contributed by atoms with van der Waals surface area (Å²) < 4.78 is 10.7. The number of nitrogen functional groups attached to an aromatic ring is 1. The Morgan fingerprint density at radius 1 is 1.06 bits per heavy atom. The normalized spacial score (nSPS) is 10.6. The van der Waals surface area contributed by atoms with Crippen LogP contribution in [0.3, 0.4) is 0 Å². The molecule has 0 spiro atoms. The molecule has 0 aliphatic carbocycles. The van der Waals surface area contributed by atoms with E-state index in [1.54, 1.807) is 0 Å². The van der Waals surface area contributed by atoms with Gasteiger partial charge in [-0.3, -0.25) is 0 Å². The van der Waals surface area contributed by atoms with E-state index in [0.717, 1.165) is 50.5 Å². The van der Waals surface area contributed by atoms with Crippen molar-refractivity contribution in [2.24, 2.45) is 0 Å². The highest BCUT2D eigenvalue weighted by Gasteiger charge is 1.97. The average molecular weight is 223 g/mol. The molecule has 1 aromatic rings. The van der Waals surface area contributed by atoms with Gasteiger partial charge in [0, 0.05) is 25.5 Å². The van der Waals surface area contributed by atoms with Crippen molar-refractivity contribution < 1.29 is 9.47 Å². The number of anilines is 1. The van der Waals surface area contributed by atoms with Crippen molar-refractivity contribution in [2.75, 3.05) is 32.2 Å². The summed E-state index contributed by atoms with van der Waals surface area (Å²) in [6, 6.07) is 7.91. The van der Waals surface area contributed by atoms with Gasteiger partial charge in [0.15, 0.2) is 0 Å². The summed E-state index contributed by atoms with van der Waals surface area (Å²) >= 11 is 0. The third-order valence-corrected chi connectivity index (χ3v) is 2.35. The standard InChI is InChI=1S/C13H21NO2/c1-2-15-9-5-10-16-11-8-12-6-3-4-7-13(12)14/h3-4,6-7H,2,5,8-11,14H2,1H3. The van der Waals surface area contributed by atoms with Gasteiger partial charge < -0.3 is 15.2 Å². The average Bonchev–Trinajstić information content (AvgIpc) is 2.30. The number of ether oxygens (including phenoxy) is 2. The monoisotopic (exact) mass is 223 g/mol. The first-order valence-corrected chi connectivity index (χ1v) is 5.83. The van der Waals surface area contributed by atoms with Gasteiger partial charge in [0.05, 0.1) is 6.61 Å². The SMILES string of the molecule is CCOCCCOCCc1ccccc1N. The van der Waals surface area contributed by atoms with Crippen LogP contribution in [-0.2, 0) is 15.9 Å². The molecule has 0 bridgehead atoms. The van der Waals surface area contributed by atoms with E-state index in [0.29, 0.717) is 0 Å². The van der Waals surface area contributed by atoms with Crippen molar-refractivity contribution in [1.29, 1.82) is 0 Å². The number of para-hydroxylation sites is 1. The maximum Gasteiger partial charge on any atom is 0.0507 e. The molecule has 0 amide bonds. The fourth-order valence-corrected chi connectivity index (χ4v) is 1.45. The van der Waals surface area contributed by atoms with Crippen LogP contribution in [0, 0.1) is 0 Å². The number of hydrogen-bond donors (Lipinski definition) is 1. The van der Waals surface area contributed by atoms with Gasteiger partial charge in [-0.25, -0.2) is 0 Å². The lowest BCUT2D eigenvalue weighted by molar-refractivity contribution is 0.0894. The van der Waals surface area contributed by atoms with Gasteiger partial charge >= 0.3 is 0 Å². The smallest absolute Gasteiger partial charge is 0.0507 e. The summed E-state index contributed by atoms with van der Waals surface area (Å²) in [6.07, 6.45) is 1.83. The topological polar surface area (TPSA) is 44.5 Å². The van der Waals surface area contributed by atoms with Crippen LogP contribution in [-0.4, -0.2) is 26.4 Å². The number of nitrogens with two attached hydrogens (primary N) is 1. The first-order valence-electron chi connectivity index (χ1n) is 5.83. The molecule has 0 aliphatic heterocycles. The molecule has 3 nitrogen and oxygen atoms in total. The summed E-state index contributed by atoms with van der Waals surface area (Å²) in [7, 11) is 0. The summed E-state index contributed by atoms with van der Waals surface area (Å²) in [5.41, 5.74) is 7.83.